The Bertz CT molecular complexity index is 1150. The number of nitrogens with zero attached hydrogens (tertiary/aromatic N) is 2. The van der Waals surface area contributed by atoms with Crippen LogP contribution in [0.5, 0.6) is 0 Å². The number of hydrogen-bond donors (Lipinski definition) is 5. The Balaban J connectivity index is 1.54. The van der Waals surface area contributed by atoms with Crippen LogP contribution in [0.3, 0.4) is 0 Å². The lowest BCUT2D eigenvalue weighted by atomic mass is 9.82. The lowest BCUT2D eigenvalue weighted by Crippen LogP contribution is -2.52. The largest absolute Gasteiger partial charge is 0.390 e. The quantitative estimate of drug-likeness (QED) is 0.180. The van der Waals surface area contributed by atoms with Gasteiger partial charge in [0.25, 0.3) is 0 Å². The first-order valence-corrected chi connectivity index (χ1v) is 17.3. The fourth-order valence-corrected chi connectivity index (χ4v) is 7.27. The highest BCUT2D eigenvalue weighted by molar-refractivity contribution is 5.86. The molecule has 5 N–H and O–H groups in total. The van der Waals surface area contributed by atoms with Gasteiger partial charge in [0.15, 0.2) is 0 Å². The van der Waals surface area contributed by atoms with Gasteiger partial charge in [-0.2, -0.15) is 0 Å². The molecule has 2 amide bonds. The van der Waals surface area contributed by atoms with Crippen LogP contribution in [-0.2, 0) is 22.6 Å². The van der Waals surface area contributed by atoms with Crippen molar-refractivity contribution in [3.05, 3.63) is 54.1 Å². The van der Waals surface area contributed by atoms with Crippen LogP contribution in [0.25, 0.3) is 0 Å². The Hall–Kier alpha value is -2.75. The maximum Gasteiger partial charge on any atom is 0.224 e. The zero-order valence-electron chi connectivity index (χ0n) is 27.4. The third kappa shape index (κ3) is 11.2. The van der Waals surface area contributed by atoms with E-state index in [1.165, 1.54) is 6.42 Å². The van der Waals surface area contributed by atoms with E-state index in [4.69, 9.17) is 0 Å². The Labute approximate surface area is 269 Å². The van der Waals surface area contributed by atoms with Crippen molar-refractivity contribution < 1.29 is 24.9 Å². The number of imidazole rings is 1. The van der Waals surface area contributed by atoms with E-state index >= 15 is 0 Å². The maximum atomic E-state index is 14.1. The first-order chi connectivity index (χ1) is 21.6. The molecule has 4 atom stereocenters. The Kier molecular flexibility index (Phi) is 13.5. The predicted octanol–water partition coefficient (Wildman–Crippen LogP) is 4.91. The number of carbonyl (C=O) groups is 2. The number of hydrogen-bond acceptors (Lipinski definition) is 6. The lowest BCUT2D eigenvalue weighted by Gasteiger charge is -2.37. The van der Waals surface area contributed by atoms with Crippen LogP contribution >= 0.6 is 0 Å². The van der Waals surface area contributed by atoms with E-state index in [0.29, 0.717) is 43.8 Å². The summed E-state index contributed by atoms with van der Waals surface area (Å²) < 4.78 is 0. The van der Waals surface area contributed by atoms with E-state index in [2.05, 4.69) is 15.3 Å². The summed E-state index contributed by atoms with van der Waals surface area (Å²) >= 11 is 0. The van der Waals surface area contributed by atoms with E-state index in [9.17, 15) is 24.9 Å². The highest BCUT2D eigenvalue weighted by atomic mass is 16.3. The molecular formula is C36H56N4O5. The molecule has 0 radical (unpaired) electrons. The summed E-state index contributed by atoms with van der Waals surface area (Å²) in [4.78, 5) is 37.2. The minimum absolute atomic E-state index is 0.0532. The second-order valence-electron chi connectivity index (χ2n) is 14.2. The van der Waals surface area contributed by atoms with Crippen molar-refractivity contribution in [2.75, 3.05) is 6.54 Å². The molecule has 0 unspecified atom stereocenters. The van der Waals surface area contributed by atoms with Crippen LogP contribution in [0.4, 0.5) is 0 Å². The van der Waals surface area contributed by atoms with Crippen molar-refractivity contribution in [3.63, 3.8) is 0 Å². The zero-order chi connectivity index (χ0) is 32.2. The second kappa shape index (κ2) is 17.2. The van der Waals surface area contributed by atoms with Gasteiger partial charge in [0.2, 0.25) is 11.8 Å². The number of benzene rings is 1. The van der Waals surface area contributed by atoms with Gasteiger partial charge in [-0.15, -0.1) is 0 Å². The van der Waals surface area contributed by atoms with Crippen LogP contribution in [0, 0.1) is 17.8 Å². The topological polar surface area (TPSA) is 139 Å². The first kappa shape index (κ1) is 35.1. The Morgan fingerprint density at radius 1 is 1.04 bits per heavy atom. The average molecular weight is 625 g/mol. The molecule has 1 heterocycles. The molecule has 0 bridgehead atoms. The molecule has 0 spiro atoms. The molecule has 0 aliphatic heterocycles. The van der Waals surface area contributed by atoms with Gasteiger partial charge in [-0.3, -0.25) is 9.59 Å². The van der Waals surface area contributed by atoms with Crippen LogP contribution in [0.1, 0.15) is 109 Å². The van der Waals surface area contributed by atoms with E-state index in [0.717, 1.165) is 50.5 Å². The van der Waals surface area contributed by atoms with Crippen LogP contribution in [-0.4, -0.2) is 72.4 Å². The second-order valence-corrected chi connectivity index (χ2v) is 14.2. The van der Waals surface area contributed by atoms with Gasteiger partial charge in [0.1, 0.15) is 6.10 Å². The van der Waals surface area contributed by atoms with E-state index in [-0.39, 0.29) is 37.1 Å². The predicted molar refractivity (Wildman–Crippen MR) is 175 cm³/mol. The molecule has 1 aromatic heterocycles. The van der Waals surface area contributed by atoms with Gasteiger partial charge in [0, 0.05) is 32.1 Å². The van der Waals surface area contributed by atoms with Gasteiger partial charge < -0.3 is 30.5 Å². The summed E-state index contributed by atoms with van der Waals surface area (Å²) in [5.74, 6) is -0.686. The molecule has 1 aromatic carbocycles. The molecule has 9 nitrogen and oxygen atoms in total. The molecule has 2 fully saturated rings. The minimum atomic E-state index is -1.10. The Morgan fingerprint density at radius 2 is 1.73 bits per heavy atom. The number of carbonyl (C=O) groups excluding carboxylic acids is 2. The number of rotatable bonds is 16. The fraction of sp³-hybridized carbons (Fsp3) is 0.694. The standard InChI is InChI=1S/C36H56N4O5/c1-26(2)18-32(41)34(43)31(19-27-12-6-3-7-13-27)39-35(44)29(20-30-22-37-25-38-30)21-33(42)40(23-28-14-8-4-9-15-28)24-36(45)16-10-5-11-17-36/h4,8-9,14-15,22,25-27,29,31-32,34,41,43,45H,3,5-7,10-13,16-21,23-24H2,1-2H3,(H,37,38)(H,39,44)/t29-,31+,32+,34-/m1/s1. The molecule has 2 aromatic rings. The van der Waals surface area contributed by atoms with Crippen LogP contribution in [0.2, 0.25) is 0 Å². The van der Waals surface area contributed by atoms with Crippen molar-refractivity contribution in [2.24, 2.45) is 17.8 Å². The monoisotopic (exact) mass is 624 g/mol. The molecule has 4 rings (SSSR count). The number of aromatic nitrogens is 2. The van der Waals surface area contributed by atoms with E-state index in [1.54, 1.807) is 17.4 Å². The smallest absolute Gasteiger partial charge is 0.224 e. The average Bonchev–Trinajstić information content (AvgIpc) is 3.54. The summed E-state index contributed by atoms with van der Waals surface area (Å²) in [6.07, 6.45) is 12.3. The highest BCUT2D eigenvalue weighted by Crippen LogP contribution is 2.31. The molecule has 2 aliphatic carbocycles. The molecule has 0 saturated heterocycles. The number of aliphatic hydroxyl groups excluding tert-OH is 2. The Morgan fingerprint density at radius 3 is 2.38 bits per heavy atom. The van der Waals surface area contributed by atoms with E-state index in [1.807, 2.05) is 44.2 Å². The molecular weight excluding hydrogens is 568 g/mol. The fourth-order valence-electron chi connectivity index (χ4n) is 7.27. The zero-order valence-corrected chi connectivity index (χ0v) is 27.4. The number of H-pyrrole nitrogens is 1. The summed E-state index contributed by atoms with van der Waals surface area (Å²) in [6.45, 7) is 4.58. The number of aromatic amines is 1. The molecule has 250 valence electrons. The normalized spacial score (nSPS) is 19.9. The van der Waals surface area contributed by atoms with Crippen LogP contribution in [0.15, 0.2) is 42.9 Å². The van der Waals surface area contributed by atoms with Gasteiger partial charge in [0.05, 0.1) is 35.7 Å². The minimum Gasteiger partial charge on any atom is -0.390 e. The van der Waals surface area contributed by atoms with Crippen molar-refractivity contribution in [1.29, 1.82) is 0 Å². The van der Waals surface area contributed by atoms with Gasteiger partial charge in [-0.05, 0) is 43.1 Å². The first-order valence-electron chi connectivity index (χ1n) is 17.3. The van der Waals surface area contributed by atoms with Crippen molar-refractivity contribution >= 4 is 11.8 Å². The third-order valence-corrected chi connectivity index (χ3v) is 9.80. The van der Waals surface area contributed by atoms with Gasteiger partial charge >= 0.3 is 0 Å². The van der Waals surface area contributed by atoms with E-state index < -0.39 is 29.8 Å². The third-order valence-electron chi connectivity index (χ3n) is 9.80. The number of amides is 2. The molecule has 2 saturated carbocycles. The molecule has 2 aliphatic rings. The number of aliphatic hydroxyl groups is 3. The lowest BCUT2D eigenvalue weighted by molar-refractivity contribution is -0.141. The summed E-state index contributed by atoms with van der Waals surface area (Å²) in [7, 11) is 0. The van der Waals surface area contributed by atoms with Gasteiger partial charge in [-0.25, -0.2) is 4.98 Å². The maximum absolute atomic E-state index is 14.1. The van der Waals surface area contributed by atoms with Crippen molar-refractivity contribution in [1.82, 2.24) is 20.2 Å². The summed E-state index contributed by atoms with van der Waals surface area (Å²) in [5.41, 5.74) is 0.700. The summed E-state index contributed by atoms with van der Waals surface area (Å²) in [6, 6.07) is 9.14. The molecule has 45 heavy (non-hydrogen) atoms. The SMILES string of the molecule is CC(C)C[C@H](O)[C@H](O)[C@H](CC1CCCCC1)NC(=O)[C@@H](CC(=O)N(Cc1ccccc1)CC1(O)CCCCC1)Cc1c[nH]cn1. The highest BCUT2D eigenvalue weighted by Gasteiger charge is 2.36. The van der Waals surface area contributed by atoms with Crippen molar-refractivity contribution in [2.45, 2.75) is 134 Å². The van der Waals surface area contributed by atoms with Gasteiger partial charge in [-0.1, -0.05) is 95.5 Å². The van der Waals surface area contributed by atoms with Crippen LogP contribution < -0.4 is 5.32 Å². The van der Waals surface area contributed by atoms with Crippen molar-refractivity contribution in [3.8, 4) is 0 Å². The summed E-state index contributed by atoms with van der Waals surface area (Å²) in [5, 5.41) is 36.7. The molecule has 9 heteroatoms. The number of nitrogens with one attached hydrogen (secondary N) is 2.